The summed E-state index contributed by atoms with van der Waals surface area (Å²) in [5, 5.41) is 18.0. The van der Waals surface area contributed by atoms with Gasteiger partial charge in [0.25, 0.3) is 0 Å². The monoisotopic (exact) mass is 367 g/mol. The van der Waals surface area contributed by atoms with E-state index in [2.05, 4.69) is 15.5 Å². The number of aromatic nitrogens is 2. The Labute approximate surface area is 156 Å². The van der Waals surface area contributed by atoms with Crippen LogP contribution in [0.3, 0.4) is 0 Å². The van der Waals surface area contributed by atoms with E-state index in [1.165, 1.54) is 0 Å². The first kappa shape index (κ1) is 18.6. The average molecular weight is 367 g/mol. The van der Waals surface area contributed by atoms with Gasteiger partial charge in [0.2, 0.25) is 11.8 Å². The van der Waals surface area contributed by atoms with E-state index in [-0.39, 0.29) is 18.9 Å². The summed E-state index contributed by atoms with van der Waals surface area (Å²) in [5.41, 5.74) is 0.927. The Hall–Kier alpha value is -3.22. The van der Waals surface area contributed by atoms with Gasteiger partial charge >= 0.3 is 5.97 Å². The number of carboxylic acid groups (broad SMARTS) is 1. The molecule has 0 spiro atoms. The molecule has 7 heteroatoms. The number of carboxylic acids is 1. The summed E-state index contributed by atoms with van der Waals surface area (Å²) < 4.78 is 4.96. The molecule has 2 aromatic carbocycles. The van der Waals surface area contributed by atoms with E-state index >= 15 is 0 Å². The molecule has 0 aliphatic carbocycles. The molecule has 1 heterocycles. The second-order valence-electron chi connectivity index (χ2n) is 6.46. The number of aryl methyl sites for hydroxylation is 2. The molecule has 3 rings (SSSR count). The van der Waals surface area contributed by atoms with Gasteiger partial charge in [-0.05, 0) is 29.7 Å². The van der Waals surface area contributed by atoms with Crippen LogP contribution in [-0.2, 0) is 22.4 Å². The van der Waals surface area contributed by atoms with Crippen molar-refractivity contribution in [3.8, 4) is 0 Å². The maximum Gasteiger partial charge on any atom is 0.308 e. The van der Waals surface area contributed by atoms with E-state index in [0.29, 0.717) is 24.6 Å². The second kappa shape index (κ2) is 8.44. The summed E-state index contributed by atoms with van der Waals surface area (Å²) in [7, 11) is 0. The lowest BCUT2D eigenvalue weighted by atomic mass is 9.97. The van der Waals surface area contributed by atoms with Gasteiger partial charge in [-0.3, -0.25) is 9.59 Å². The topological polar surface area (TPSA) is 105 Å². The molecule has 140 valence electrons. The first-order chi connectivity index (χ1) is 13.0. The van der Waals surface area contributed by atoms with Crippen LogP contribution < -0.4 is 5.32 Å². The Balaban J connectivity index is 1.55. The summed E-state index contributed by atoms with van der Waals surface area (Å²) in [6, 6.07) is 13.8. The molecule has 7 nitrogen and oxygen atoms in total. The Morgan fingerprint density at radius 3 is 2.67 bits per heavy atom. The summed E-state index contributed by atoms with van der Waals surface area (Å²) in [5.74, 6) is -0.951. The zero-order valence-corrected chi connectivity index (χ0v) is 15.0. The molecule has 0 saturated carbocycles. The average Bonchev–Trinajstić information content (AvgIpc) is 3.08. The third-order valence-electron chi connectivity index (χ3n) is 4.33. The van der Waals surface area contributed by atoms with Crippen molar-refractivity contribution in [2.75, 3.05) is 6.54 Å². The highest BCUT2D eigenvalue weighted by atomic mass is 16.5. The van der Waals surface area contributed by atoms with Crippen LogP contribution in [0.15, 0.2) is 47.0 Å². The van der Waals surface area contributed by atoms with Gasteiger partial charge in [-0.2, -0.15) is 4.98 Å². The number of benzene rings is 2. The van der Waals surface area contributed by atoms with Gasteiger partial charge in [-0.1, -0.05) is 47.6 Å². The number of rotatable bonds is 8. The largest absolute Gasteiger partial charge is 0.481 e. The van der Waals surface area contributed by atoms with Gasteiger partial charge in [0.15, 0.2) is 5.82 Å². The van der Waals surface area contributed by atoms with E-state index in [1.54, 1.807) is 6.92 Å². The van der Waals surface area contributed by atoms with Crippen molar-refractivity contribution in [1.82, 2.24) is 15.5 Å². The molecule has 0 aliphatic heterocycles. The predicted molar refractivity (Wildman–Crippen MR) is 99.1 cm³/mol. The van der Waals surface area contributed by atoms with Crippen molar-refractivity contribution in [2.24, 2.45) is 5.92 Å². The van der Waals surface area contributed by atoms with Crippen LogP contribution in [0.1, 0.15) is 23.7 Å². The van der Waals surface area contributed by atoms with Gasteiger partial charge in [0.05, 0.1) is 5.92 Å². The second-order valence-corrected chi connectivity index (χ2v) is 6.46. The molecule has 1 atom stereocenters. The summed E-state index contributed by atoms with van der Waals surface area (Å²) in [4.78, 5) is 27.6. The molecule has 0 bridgehead atoms. The van der Waals surface area contributed by atoms with Crippen molar-refractivity contribution in [3.63, 3.8) is 0 Å². The van der Waals surface area contributed by atoms with Crippen molar-refractivity contribution >= 4 is 22.6 Å². The lowest BCUT2D eigenvalue weighted by Gasteiger charge is -2.14. The van der Waals surface area contributed by atoms with Crippen LogP contribution in [0.4, 0.5) is 0 Å². The third kappa shape index (κ3) is 5.13. The van der Waals surface area contributed by atoms with Gasteiger partial charge in [0.1, 0.15) is 0 Å². The molecule has 0 fully saturated rings. The molecule has 0 radical (unpaired) electrons. The predicted octanol–water partition coefficient (Wildman–Crippen LogP) is 2.52. The van der Waals surface area contributed by atoms with Crippen LogP contribution in [0.2, 0.25) is 0 Å². The van der Waals surface area contributed by atoms with Crippen molar-refractivity contribution < 1.29 is 19.2 Å². The van der Waals surface area contributed by atoms with E-state index in [0.717, 1.165) is 16.3 Å². The SMILES string of the molecule is Cc1noc(CCC(=O)NCC(Cc2ccc3ccccc3c2)C(=O)O)n1. The number of aliphatic carboxylic acids is 1. The van der Waals surface area contributed by atoms with Crippen LogP contribution in [0.5, 0.6) is 0 Å². The Bertz CT molecular complexity index is 951. The highest BCUT2D eigenvalue weighted by Crippen LogP contribution is 2.18. The Morgan fingerprint density at radius 1 is 1.19 bits per heavy atom. The van der Waals surface area contributed by atoms with Crippen LogP contribution in [0.25, 0.3) is 10.8 Å². The number of fused-ring (bicyclic) bond motifs is 1. The smallest absolute Gasteiger partial charge is 0.308 e. The standard InChI is InChI=1S/C20H21N3O4/c1-13-22-19(27-23-13)9-8-18(24)21-12-17(20(25)26)11-14-6-7-15-4-2-3-5-16(15)10-14/h2-7,10,17H,8-9,11-12H2,1H3,(H,21,24)(H,25,26). The third-order valence-corrected chi connectivity index (χ3v) is 4.33. The highest BCUT2D eigenvalue weighted by Gasteiger charge is 2.19. The van der Waals surface area contributed by atoms with Crippen LogP contribution in [0, 0.1) is 12.8 Å². The number of hydrogen-bond donors (Lipinski definition) is 2. The first-order valence-corrected chi connectivity index (χ1v) is 8.77. The summed E-state index contributed by atoms with van der Waals surface area (Å²) in [6.07, 6.45) is 0.850. The number of amides is 1. The number of hydrogen-bond acceptors (Lipinski definition) is 5. The zero-order chi connectivity index (χ0) is 19.2. The maximum absolute atomic E-state index is 12.0. The number of carbonyl (C=O) groups is 2. The minimum atomic E-state index is -0.934. The fourth-order valence-electron chi connectivity index (χ4n) is 2.88. The van der Waals surface area contributed by atoms with Crippen LogP contribution >= 0.6 is 0 Å². The molecule has 1 aromatic heterocycles. The van der Waals surface area contributed by atoms with E-state index in [9.17, 15) is 14.7 Å². The van der Waals surface area contributed by atoms with Gasteiger partial charge in [0, 0.05) is 19.4 Å². The quantitative estimate of drug-likeness (QED) is 0.634. The van der Waals surface area contributed by atoms with Crippen molar-refractivity contribution in [2.45, 2.75) is 26.2 Å². The molecular weight excluding hydrogens is 346 g/mol. The highest BCUT2D eigenvalue weighted by molar-refractivity contribution is 5.83. The van der Waals surface area contributed by atoms with E-state index in [1.807, 2.05) is 42.5 Å². The molecule has 27 heavy (non-hydrogen) atoms. The normalized spacial score (nSPS) is 12.0. The summed E-state index contributed by atoms with van der Waals surface area (Å²) >= 11 is 0. The van der Waals surface area contributed by atoms with Crippen molar-refractivity contribution in [3.05, 3.63) is 59.7 Å². The molecule has 1 unspecified atom stereocenters. The molecular formula is C20H21N3O4. The first-order valence-electron chi connectivity index (χ1n) is 8.77. The molecule has 1 amide bonds. The van der Waals surface area contributed by atoms with E-state index in [4.69, 9.17) is 4.52 Å². The maximum atomic E-state index is 12.0. The Kier molecular flexibility index (Phi) is 5.80. The number of nitrogens with zero attached hydrogens (tertiary/aromatic N) is 2. The molecule has 2 N–H and O–H groups in total. The molecule has 0 aliphatic rings. The Morgan fingerprint density at radius 2 is 1.96 bits per heavy atom. The van der Waals surface area contributed by atoms with Crippen LogP contribution in [-0.4, -0.2) is 33.7 Å². The van der Waals surface area contributed by atoms with Gasteiger partial charge in [-0.15, -0.1) is 0 Å². The fourth-order valence-corrected chi connectivity index (χ4v) is 2.88. The fraction of sp³-hybridized carbons (Fsp3) is 0.300. The minimum Gasteiger partial charge on any atom is -0.481 e. The molecule has 3 aromatic rings. The van der Waals surface area contributed by atoms with E-state index < -0.39 is 11.9 Å². The molecule has 0 saturated heterocycles. The minimum absolute atomic E-state index is 0.0733. The van der Waals surface area contributed by atoms with Crippen molar-refractivity contribution in [1.29, 1.82) is 0 Å². The zero-order valence-electron chi connectivity index (χ0n) is 15.0. The van der Waals surface area contributed by atoms with Gasteiger partial charge in [-0.25, -0.2) is 0 Å². The summed E-state index contributed by atoms with van der Waals surface area (Å²) in [6.45, 7) is 1.78. The number of nitrogens with one attached hydrogen (secondary N) is 1. The lowest BCUT2D eigenvalue weighted by molar-refractivity contribution is -0.141. The lowest BCUT2D eigenvalue weighted by Crippen LogP contribution is -2.34. The van der Waals surface area contributed by atoms with Gasteiger partial charge < -0.3 is 14.9 Å². The number of carbonyl (C=O) groups excluding carboxylic acids is 1.